The Kier molecular flexibility index (Phi) is 7.31. The number of nitrogens with one attached hydrogen (secondary N) is 1. The molecule has 0 saturated carbocycles. The fraction of sp³-hybridized carbons (Fsp3) is 0.647. The van der Waals surface area contributed by atoms with Crippen molar-refractivity contribution in [2.24, 2.45) is 0 Å². The molecule has 1 N–H and O–H groups in total. The van der Waals surface area contributed by atoms with Gasteiger partial charge in [-0.15, -0.1) is 0 Å². The van der Waals surface area contributed by atoms with Gasteiger partial charge in [-0.3, -0.25) is 0 Å². The second-order valence-corrected chi connectivity index (χ2v) is 6.56. The molecular weight excluding hydrogens is 305 g/mol. The molecule has 1 aromatic carbocycles. The molecule has 2 rings (SSSR count). The lowest BCUT2D eigenvalue weighted by Crippen LogP contribution is -2.25. The quantitative estimate of drug-likeness (QED) is 0.724. The molecule has 1 fully saturated rings. The second-order valence-electron chi connectivity index (χ2n) is 5.75. The van der Waals surface area contributed by atoms with Crippen molar-refractivity contribution in [1.82, 2.24) is 5.32 Å². The van der Waals surface area contributed by atoms with Crippen LogP contribution in [0.5, 0.6) is 0 Å². The van der Waals surface area contributed by atoms with Gasteiger partial charge >= 0.3 is 0 Å². The van der Waals surface area contributed by atoms with Crippen molar-refractivity contribution in [1.29, 1.82) is 0 Å². The van der Waals surface area contributed by atoms with Crippen LogP contribution in [0.3, 0.4) is 0 Å². The molecule has 0 spiro atoms. The predicted molar refractivity (Wildman–Crippen MR) is 90.3 cm³/mol. The fourth-order valence-corrected chi connectivity index (χ4v) is 3.13. The highest BCUT2D eigenvalue weighted by molar-refractivity contribution is 6.42. The Morgan fingerprint density at radius 2 is 2.14 bits per heavy atom. The first-order valence-corrected chi connectivity index (χ1v) is 8.76. The molecule has 1 aliphatic heterocycles. The third-order valence-electron chi connectivity index (χ3n) is 4.04. The number of halogens is 2. The maximum atomic E-state index is 6.16. The lowest BCUT2D eigenvalue weighted by molar-refractivity contribution is 0.00854. The number of ether oxygens (including phenoxy) is 1. The summed E-state index contributed by atoms with van der Waals surface area (Å²) in [6.45, 7) is 4.12. The summed E-state index contributed by atoms with van der Waals surface area (Å²) in [5.41, 5.74) is 1.22. The monoisotopic (exact) mass is 329 g/mol. The SMILES string of the molecule is CCCNC(CCC1CCCCO1)c1ccc(Cl)c(Cl)c1. The Morgan fingerprint density at radius 3 is 2.81 bits per heavy atom. The maximum absolute atomic E-state index is 6.16. The van der Waals surface area contributed by atoms with Crippen LogP contribution in [0.25, 0.3) is 0 Å². The van der Waals surface area contributed by atoms with Crippen LogP contribution in [0.1, 0.15) is 57.1 Å². The molecule has 2 nitrogen and oxygen atoms in total. The van der Waals surface area contributed by atoms with E-state index in [1.807, 2.05) is 12.1 Å². The molecule has 4 heteroatoms. The van der Waals surface area contributed by atoms with Gasteiger partial charge < -0.3 is 10.1 Å². The first kappa shape index (κ1) is 17.1. The van der Waals surface area contributed by atoms with Crippen LogP contribution >= 0.6 is 23.2 Å². The van der Waals surface area contributed by atoms with Gasteiger partial charge in [-0.05, 0) is 62.8 Å². The summed E-state index contributed by atoms with van der Waals surface area (Å²) in [6, 6.07) is 6.27. The first-order valence-electron chi connectivity index (χ1n) is 8.00. The van der Waals surface area contributed by atoms with E-state index in [2.05, 4.69) is 18.3 Å². The number of benzene rings is 1. The van der Waals surface area contributed by atoms with E-state index < -0.39 is 0 Å². The van der Waals surface area contributed by atoms with Crippen LogP contribution in [-0.4, -0.2) is 19.3 Å². The van der Waals surface area contributed by atoms with E-state index in [0.29, 0.717) is 22.2 Å². The minimum absolute atomic E-state index is 0.324. The Bertz CT molecular complexity index is 433. The van der Waals surface area contributed by atoms with E-state index in [9.17, 15) is 0 Å². The normalized spacial score (nSPS) is 20.4. The largest absolute Gasteiger partial charge is 0.378 e. The van der Waals surface area contributed by atoms with Crippen LogP contribution in [0.15, 0.2) is 18.2 Å². The van der Waals surface area contributed by atoms with Crippen molar-refractivity contribution in [3.8, 4) is 0 Å². The molecule has 0 bridgehead atoms. The summed E-state index contributed by atoms with van der Waals surface area (Å²) < 4.78 is 5.84. The molecule has 1 aromatic rings. The van der Waals surface area contributed by atoms with Crippen molar-refractivity contribution in [3.05, 3.63) is 33.8 Å². The Labute approximate surface area is 138 Å². The Balaban J connectivity index is 1.97. The van der Waals surface area contributed by atoms with Crippen molar-refractivity contribution in [2.75, 3.05) is 13.2 Å². The maximum Gasteiger partial charge on any atom is 0.0595 e. The average Bonchev–Trinajstić information content (AvgIpc) is 2.51. The van der Waals surface area contributed by atoms with Gasteiger partial charge in [0.2, 0.25) is 0 Å². The van der Waals surface area contributed by atoms with Crippen LogP contribution in [-0.2, 0) is 4.74 Å². The summed E-state index contributed by atoms with van der Waals surface area (Å²) in [6.07, 6.45) is 7.42. The lowest BCUT2D eigenvalue weighted by atomic mass is 9.97. The molecular formula is C17H25Cl2NO. The van der Waals surface area contributed by atoms with Crippen LogP contribution in [0, 0.1) is 0 Å². The average molecular weight is 330 g/mol. The van der Waals surface area contributed by atoms with E-state index in [1.54, 1.807) is 0 Å². The topological polar surface area (TPSA) is 21.3 Å². The van der Waals surface area contributed by atoms with E-state index in [4.69, 9.17) is 27.9 Å². The summed E-state index contributed by atoms with van der Waals surface area (Å²) >= 11 is 12.2. The van der Waals surface area contributed by atoms with Gasteiger partial charge in [0, 0.05) is 12.6 Å². The van der Waals surface area contributed by atoms with Gasteiger partial charge in [0.05, 0.1) is 16.1 Å². The third kappa shape index (κ3) is 5.45. The van der Waals surface area contributed by atoms with Gasteiger partial charge in [-0.25, -0.2) is 0 Å². The van der Waals surface area contributed by atoms with Crippen LogP contribution in [0.4, 0.5) is 0 Å². The molecule has 1 aliphatic rings. The minimum Gasteiger partial charge on any atom is -0.378 e. The molecule has 0 aliphatic carbocycles. The zero-order valence-electron chi connectivity index (χ0n) is 12.7. The van der Waals surface area contributed by atoms with Gasteiger partial charge in [0.25, 0.3) is 0 Å². The van der Waals surface area contributed by atoms with Crippen molar-refractivity contribution in [3.63, 3.8) is 0 Å². The van der Waals surface area contributed by atoms with Gasteiger partial charge in [0.1, 0.15) is 0 Å². The minimum atomic E-state index is 0.324. The zero-order valence-corrected chi connectivity index (χ0v) is 14.2. The van der Waals surface area contributed by atoms with Gasteiger partial charge in [-0.1, -0.05) is 36.2 Å². The van der Waals surface area contributed by atoms with Crippen LogP contribution < -0.4 is 5.32 Å². The predicted octanol–water partition coefficient (Wildman–Crippen LogP) is 5.38. The van der Waals surface area contributed by atoms with Gasteiger partial charge in [0.15, 0.2) is 0 Å². The summed E-state index contributed by atoms with van der Waals surface area (Å²) in [5, 5.41) is 4.86. The van der Waals surface area contributed by atoms with Crippen molar-refractivity contribution < 1.29 is 4.74 Å². The Hall–Kier alpha value is -0.280. The molecule has 0 radical (unpaired) electrons. The summed E-state index contributed by atoms with van der Waals surface area (Å²) in [7, 11) is 0. The van der Waals surface area contributed by atoms with E-state index in [1.165, 1.54) is 24.8 Å². The third-order valence-corrected chi connectivity index (χ3v) is 4.78. The molecule has 118 valence electrons. The molecule has 2 unspecified atom stereocenters. The molecule has 21 heavy (non-hydrogen) atoms. The van der Waals surface area contributed by atoms with Crippen LogP contribution in [0.2, 0.25) is 10.0 Å². The van der Waals surface area contributed by atoms with Crippen molar-refractivity contribution >= 4 is 23.2 Å². The smallest absolute Gasteiger partial charge is 0.0595 e. The van der Waals surface area contributed by atoms with Crippen molar-refractivity contribution in [2.45, 2.75) is 57.6 Å². The van der Waals surface area contributed by atoms with E-state index in [0.717, 1.165) is 32.4 Å². The Morgan fingerprint density at radius 1 is 1.29 bits per heavy atom. The summed E-state index contributed by atoms with van der Waals surface area (Å²) in [4.78, 5) is 0. The standard InChI is InChI=1S/C17H25Cl2NO/c1-2-10-20-17(9-7-14-5-3-4-11-21-14)13-6-8-15(18)16(19)12-13/h6,8,12,14,17,20H,2-5,7,9-11H2,1H3. The number of hydrogen-bond acceptors (Lipinski definition) is 2. The molecule has 0 aromatic heterocycles. The molecule has 1 heterocycles. The summed E-state index contributed by atoms with van der Waals surface area (Å²) in [5.74, 6) is 0. The molecule has 2 atom stereocenters. The van der Waals surface area contributed by atoms with Gasteiger partial charge in [-0.2, -0.15) is 0 Å². The highest BCUT2D eigenvalue weighted by Crippen LogP contribution is 2.29. The first-order chi connectivity index (χ1) is 10.2. The van der Waals surface area contributed by atoms with E-state index in [-0.39, 0.29) is 0 Å². The molecule has 1 saturated heterocycles. The number of rotatable bonds is 7. The van der Waals surface area contributed by atoms with E-state index >= 15 is 0 Å². The highest BCUT2D eigenvalue weighted by Gasteiger charge is 2.18. The zero-order chi connectivity index (χ0) is 15.1. The fourth-order valence-electron chi connectivity index (χ4n) is 2.82. The number of hydrogen-bond donors (Lipinski definition) is 1. The lowest BCUT2D eigenvalue weighted by Gasteiger charge is -2.26. The highest BCUT2D eigenvalue weighted by atomic mass is 35.5. The molecule has 0 amide bonds. The second kappa shape index (κ2) is 8.99.